The minimum atomic E-state index is -1.28. The SMILES string of the molecule is CCc1nn(C)cc1NC(=O)N(C)C(C)(C)C(=O)O. The van der Waals surface area contributed by atoms with Crippen molar-refractivity contribution in [3.05, 3.63) is 11.9 Å². The first-order valence-corrected chi connectivity index (χ1v) is 6.00. The first-order chi connectivity index (χ1) is 8.70. The van der Waals surface area contributed by atoms with Gasteiger partial charge in [-0.25, -0.2) is 9.59 Å². The van der Waals surface area contributed by atoms with Crippen LogP contribution in [0.25, 0.3) is 0 Å². The summed E-state index contributed by atoms with van der Waals surface area (Å²) in [5.41, 5.74) is 0.0824. The highest BCUT2D eigenvalue weighted by Crippen LogP contribution is 2.17. The third-order valence-corrected chi connectivity index (χ3v) is 3.15. The Balaban J connectivity index is 2.88. The number of amides is 2. The van der Waals surface area contributed by atoms with Crippen molar-refractivity contribution in [2.24, 2.45) is 7.05 Å². The van der Waals surface area contributed by atoms with Crippen LogP contribution in [-0.4, -0.2) is 44.4 Å². The summed E-state index contributed by atoms with van der Waals surface area (Å²) in [5, 5.41) is 16.0. The van der Waals surface area contributed by atoms with E-state index >= 15 is 0 Å². The minimum Gasteiger partial charge on any atom is -0.480 e. The van der Waals surface area contributed by atoms with Gasteiger partial charge in [-0.2, -0.15) is 5.10 Å². The van der Waals surface area contributed by atoms with Gasteiger partial charge in [-0.05, 0) is 20.3 Å². The topological polar surface area (TPSA) is 87.5 Å². The summed E-state index contributed by atoms with van der Waals surface area (Å²) in [5.74, 6) is -1.06. The summed E-state index contributed by atoms with van der Waals surface area (Å²) in [6.07, 6.45) is 2.38. The molecular weight excluding hydrogens is 248 g/mol. The van der Waals surface area contributed by atoms with Gasteiger partial charge in [-0.3, -0.25) is 4.68 Å². The first kappa shape index (κ1) is 15.0. The molecule has 1 rings (SSSR count). The molecule has 0 bridgehead atoms. The van der Waals surface area contributed by atoms with E-state index in [-0.39, 0.29) is 0 Å². The second-order valence-electron chi connectivity index (χ2n) is 4.87. The predicted octanol–water partition coefficient (Wildman–Crippen LogP) is 1.31. The van der Waals surface area contributed by atoms with Gasteiger partial charge in [0.15, 0.2) is 0 Å². The van der Waals surface area contributed by atoms with Gasteiger partial charge in [0.05, 0.1) is 11.4 Å². The number of carbonyl (C=O) groups excluding carboxylic acids is 1. The Morgan fingerprint density at radius 1 is 1.53 bits per heavy atom. The van der Waals surface area contributed by atoms with Gasteiger partial charge in [-0.1, -0.05) is 6.92 Å². The molecule has 1 aromatic heterocycles. The molecule has 7 heteroatoms. The number of carboxylic acids is 1. The second kappa shape index (κ2) is 5.29. The molecular formula is C12H20N4O3. The van der Waals surface area contributed by atoms with E-state index in [9.17, 15) is 9.59 Å². The number of hydrogen-bond acceptors (Lipinski definition) is 3. The molecule has 0 fully saturated rings. The number of carbonyl (C=O) groups is 2. The van der Waals surface area contributed by atoms with E-state index in [2.05, 4.69) is 10.4 Å². The number of aromatic nitrogens is 2. The Hall–Kier alpha value is -2.05. The summed E-state index contributed by atoms with van der Waals surface area (Å²) in [7, 11) is 3.21. The fraction of sp³-hybridized carbons (Fsp3) is 0.583. The normalized spacial score (nSPS) is 11.2. The smallest absolute Gasteiger partial charge is 0.329 e. The average molecular weight is 268 g/mol. The summed E-state index contributed by atoms with van der Waals surface area (Å²) in [6, 6.07) is -0.477. The quantitative estimate of drug-likeness (QED) is 0.861. The number of nitrogens with one attached hydrogen (secondary N) is 1. The Bertz CT molecular complexity index is 493. The molecule has 0 spiro atoms. The predicted molar refractivity (Wildman–Crippen MR) is 71.1 cm³/mol. The van der Waals surface area contributed by atoms with Gasteiger partial charge in [0.1, 0.15) is 5.54 Å². The first-order valence-electron chi connectivity index (χ1n) is 6.00. The van der Waals surface area contributed by atoms with Gasteiger partial charge in [0, 0.05) is 20.3 Å². The fourth-order valence-corrected chi connectivity index (χ4v) is 1.50. The number of hydrogen-bond donors (Lipinski definition) is 2. The molecule has 0 saturated heterocycles. The van der Waals surface area contributed by atoms with E-state index in [1.165, 1.54) is 20.9 Å². The zero-order chi connectivity index (χ0) is 14.8. The van der Waals surface area contributed by atoms with Crippen LogP contribution in [0.5, 0.6) is 0 Å². The van der Waals surface area contributed by atoms with Crippen molar-refractivity contribution in [1.29, 1.82) is 0 Å². The van der Waals surface area contributed by atoms with E-state index in [1.807, 2.05) is 6.92 Å². The van der Waals surface area contributed by atoms with E-state index in [4.69, 9.17) is 5.11 Å². The number of likely N-dealkylation sites (N-methyl/N-ethyl adjacent to an activating group) is 1. The van der Waals surface area contributed by atoms with Gasteiger partial charge in [0.25, 0.3) is 0 Å². The van der Waals surface area contributed by atoms with E-state index in [1.54, 1.807) is 17.9 Å². The highest BCUT2D eigenvalue weighted by Gasteiger charge is 2.35. The Kier molecular flexibility index (Phi) is 4.18. The molecule has 19 heavy (non-hydrogen) atoms. The van der Waals surface area contributed by atoms with E-state index in [0.29, 0.717) is 12.1 Å². The zero-order valence-corrected chi connectivity index (χ0v) is 11.9. The molecule has 0 aromatic carbocycles. The highest BCUT2D eigenvalue weighted by atomic mass is 16.4. The molecule has 0 saturated carbocycles. The minimum absolute atomic E-state index is 0.477. The Morgan fingerprint density at radius 3 is 2.58 bits per heavy atom. The van der Waals surface area contributed by atoms with Crippen LogP contribution in [0.1, 0.15) is 26.5 Å². The molecule has 0 atom stereocenters. The van der Waals surface area contributed by atoms with Crippen LogP contribution < -0.4 is 5.32 Å². The van der Waals surface area contributed by atoms with Crippen molar-refractivity contribution in [2.45, 2.75) is 32.7 Å². The van der Waals surface area contributed by atoms with Crippen molar-refractivity contribution in [3.63, 3.8) is 0 Å². The number of rotatable bonds is 4. The van der Waals surface area contributed by atoms with Crippen LogP contribution in [0.2, 0.25) is 0 Å². The van der Waals surface area contributed by atoms with Crippen LogP contribution in [0.15, 0.2) is 6.20 Å². The number of nitrogens with zero attached hydrogens (tertiary/aromatic N) is 3. The maximum atomic E-state index is 12.1. The molecule has 1 heterocycles. The fourth-order valence-electron chi connectivity index (χ4n) is 1.50. The monoisotopic (exact) mass is 268 g/mol. The molecule has 0 aliphatic heterocycles. The van der Waals surface area contributed by atoms with E-state index < -0.39 is 17.5 Å². The number of aryl methyl sites for hydroxylation is 2. The van der Waals surface area contributed by atoms with Crippen molar-refractivity contribution in [3.8, 4) is 0 Å². The lowest BCUT2D eigenvalue weighted by molar-refractivity contribution is -0.146. The molecule has 1 aromatic rings. The maximum Gasteiger partial charge on any atom is 0.329 e. The second-order valence-corrected chi connectivity index (χ2v) is 4.87. The molecule has 0 aliphatic carbocycles. The molecule has 0 aliphatic rings. The van der Waals surface area contributed by atoms with Crippen LogP contribution in [0.4, 0.5) is 10.5 Å². The lowest BCUT2D eigenvalue weighted by Crippen LogP contribution is -2.52. The van der Waals surface area contributed by atoms with Crippen molar-refractivity contribution in [1.82, 2.24) is 14.7 Å². The molecule has 2 N–H and O–H groups in total. The number of anilines is 1. The van der Waals surface area contributed by atoms with E-state index in [0.717, 1.165) is 10.6 Å². The molecule has 2 amide bonds. The van der Waals surface area contributed by atoms with Crippen molar-refractivity contribution >= 4 is 17.7 Å². The van der Waals surface area contributed by atoms with Gasteiger partial charge in [0.2, 0.25) is 0 Å². The van der Waals surface area contributed by atoms with Crippen molar-refractivity contribution < 1.29 is 14.7 Å². The van der Waals surface area contributed by atoms with Crippen LogP contribution >= 0.6 is 0 Å². The van der Waals surface area contributed by atoms with Gasteiger partial charge in [-0.15, -0.1) is 0 Å². The number of urea groups is 1. The van der Waals surface area contributed by atoms with Gasteiger partial charge >= 0.3 is 12.0 Å². The number of aliphatic carboxylic acids is 1. The lowest BCUT2D eigenvalue weighted by atomic mass is 10.1. The average Bonchev–Trinajstić information content (AvgIpc) is 2.67. The van der Waals surface area contributed by atoms with Crippen LogP contribution in [-0.2, 0) is 18.3 Å². The summed E-state index contributed by atoms with van der Waals surface area (Å²) in [4.78, 5) is 24.3. The third kappa shape index (κ3) is 3.04. The highest BCUT2D eigenvalue weighted by molar-refractivity contribution is 5.93. The lowest BCUT2D eigenvalue weighted by Gasteiger charge is -2.31. The van der Waals surface area contributed by atoms with Crippen LogP contribution in [0, 0.1) is 0 Å². The summed E-state index contributed by atoms with van der Waals surface area (Å²) >= 11 is 0. The standard InChI is InChI=1S/C12H20N4O3/c1-6-8-9(7-15(4)14-8)13-11(19)16(5)12(2,3)10(17)18/h7H,6H2,1-5H3,(H,13,19)(H,17,18). The molecule has 0 radical (unpaired) electrons. The molecule has 106 valence electrons. The summed E-state index contributed by atoms with van der Waals surface area (Å²) in [6.45, 7) is 4.88. The largest absolute Gasteiger partial charge is 0.480 e. The Morgan fingerprint density at radius 2 is 2.11 bits per heavy atom. The Labute approximate surface area is 112 Å². The molecule has 0 unspecified atom stereocenters. The summed E-state index contributed by atoms with van der Waals surface area (Å²) < 4.78 is 1.61. The zero-order valence-electron chi connectivity index (χ0n) is 11.9. The van der Waals surface area contributed by atoms with Crippen molar-refractivity contribution in [2.75, 3.05) is 12.4 Å². The molecule has 7 nitrogen and oxygen atoms in total. The maximum absolute atomic E-state index is 12.1. The van der Waals surface area contributed by atoms with Crippen LogP contribution in [0.3, 0.4) is 0 Å². The number of carboxylic acid groups (broad SMARTS) is 1. The van der Waals surface area contributed by atoms with Gasteiger partial charge < -0.3 is 15.3 Å². The third-order valence-electron chi connectivity index (χ3n) is 3.15.